The highest BCUT2D eigenvalue weighted by atomic mass is 79.9. The zero-order valence-electron chi connectivity index (χ0n) is 9.22. The van der Waals surface area contributed by atoms with Crippen LogP contribution in [0.15, 0.2) is 30.3 Å². The summed E-state index contributed by atoms with van der Waals surface area (Å²) in [4.78, 5) is 0. The van der Waals surface area contributed by atoms with E-state index in [2.05, 4.69) is 15.9 Å². The predicted octanol–water partition coefficient (Wildman–Crippen LogP) is 2.27. The molecule has 1 aromatic carbocycles. The third-order valence-corrected chi connectivity index (χ3v) is 6.70. The fraction of sp³-hybridized carbons (Fsp3) is 0.455. The molecule has 1 rings (SSSR count). The van der Waals surface area contributed by atoms with Crippen molar-refractivity contribution < 1.29 is 13.5 Å². The summed E-state index contributed by atoms with van der Waals surface area (Å²) < 4.78 is 22.3. The average Bonchev–Trinajstić information content (AvgIpc) is 2.29. The van der Waals surface area contributed by atoms with Crippen molar-refractivity contribution in [3.8, 4) is 0 Å². The minimum Gasteiger partial charge on any atom is -0.386 e. The first kappa shape index (κ1) is 13.7. The van der Waals surface area contributed by atoms with Crippen molar-refractivity contribution in [1.82, 2.24) is 0 Å². The summed E-state index contributed by atoms with van der Waals surface area (Å²) in [6.45, 7) is 3.04. The SMILES string of the molecule is CCS(=O)(=O)[C@](C)(Br)[C@@H](O)c1ccccc1. The molecule has 1 N–H and O–H groups in total. The summed E-state index contributed by atoms with van der Waals surface area (Å²) >= 11 is 3.13. The normalized spacial score (nSPS) is 17.8. The first-order valence-corrected chi connectivity index (χ1v) is 7.41. The van der Waals surface area contributed by atoms with Crippen LogP contribution in [0.2, 0.25) is 0 Å². The molecule has 0 saturated carbocycles. The fourth-order valence-corrected chi connectivity index (χ4v) is 3.38. The molecule has 0 aliphatic carbocycles. The van der Waals surface area contributed by atoms with Gasteiger partial charge in [0.2, 0.25) is 0 Å². The number of aliphatic hydroxyl groups excluding tert-OH is 1. The molecular formula is C11H15BrO3S. The van der Waals surface area contributed by atoms with Gasteiger partial charge in [-0.1, -0.05) is 53.2 Å². The molecule has 0 amide bonds. The number of rotatable bonds is 4. The van der Waals surface area contributed by atoms with Crippen LogP contribution in [0.3, 0.4) is 0 Å². The molecule has 0 fully saturated rings. The molecule has 0 aromatic heterocycles. The quantitative estimate of drug-likeness (QED) is 0.868. The Morgan fingerprint density at radius 2 is 1.88 bits per heavy atom. The zero-order chi connectivity index (χ0) is 12.4. The minimum atomic E-state index is -3.38. The molecule has 0 saturated heterocycles. The van der Waals surface area contributed by atoms with E-state index in [1.807, 2.05) is 6.07 Å². The molecule has 0 spiro atoms. The Morgan fingerprint density at radius 1 is 1.38 bits per heavy atom. The molecule has 0 radical (unpaired) electrons. The van der Waals surface area contributed by atoms with Crippen LogP contribution >= 0.6 is 15.9 Å². The Hall–Kier alpha value is -0.390. The maximum Gasteiger partial charge on any atom is 0.168 e. The second-order valence-electron chi connectivity index (χ2n) is 3.70. The van der Waals surface area contributed by atoms with E-state index in [-0.39, 0.29) is 5.75 Å². The highest BCUT2D eigenvalue weighted by molar-refractivity contribution is 9.11. The van der Waals surface area contributed by atoms with Crippen LogP contribution in [0, 0.1) is 0 Å². The summed E-state index contributed by atoms with van der Waals surface area (Å²) in [6.07, 6.45) is -1.08. The maximum atomic E-state index is 11.8. The maximum absolute atomic E-state index is 11.8. The van der Waals surface area contributed by atoms with Crippen molar-refractivity contribution in [2.45, 2.75) is 23.6 Å². The van der Waals surface area contributed by atoms with Gasteiger partial charge in [-0.15, -0.1) is 0 Å². The zero-order valence-corrected chi connectivity index (χ0v) is 11.6. The van der Waals surface area contributed by atoms with Crippen LogP contribution in [-0.2, 0) is 9.84 Å². The van der Waals surface area contributed by atoms with Gasteiger partial charge in [-0.25, -0.2) is 8.42 Å². The summed E-state index contributed by atoms with van der Waals surface area (Å²) in [5, 5.41) is 10.1. The summed E-state index contributed by atoms with van der Waals surface area (Å²) in [5.74, 6) is -0.0152. The van der Waals surface area contributed by atoms with Gasteiger partial charge in [0.1, 0.15) is 6.10 Å². The van der Waals surface area contributed by atoms with Crippen LogP contribution in [0.25, 0.3) is 0 Å². The highest BCUT2D eigenvalue weighted by Crippen LogP contribution is 2.38. The standard InChI is InChI=1S/C11H15BrO3S/c1-3-16(14,15)11(2,12)10(13)9-7-5-4-6-8-9/h4-8,10,13H,3H2,1-2H3/t10-,11-/m0/s1. The van der Waals surface area contributed by atoms with Gasteiger partial charge in [0.25, 0.3) is 0 Å². The highest BCUT2D eigenvalue weighted by Gasteiger charge is 2.42. The van der Waals surface area contributed by atoms with Gasteiger partial charge >= 0.3 is 0 Å². The molecule has 2 atom stereocenters. The Balaban J connectivity index is 3.11. The van der Waals surface area contributed by atoms with E-state index < -0.39 is 19.6 Å². The predicted molar refractivity (Wildman–Crippen MR) is 68.2 cm³/mol. The lowest BCUT2D eigenvalue weighted by Crippen LogP contribution is -2.36. The lowest BCUT2D eigenvalue weighted by atomic mass is 10.1. The number of hydrogen-bond donors (Lipinski definition) is 1. The molecule has 0 heterocycles. The Bertz CT molecular complexity index is 440. The molecule has 16 heavy (non-hydrogen) atoms. The third kappa shape index (κ3) is 2.47. The number of alkyl halides is 1. The fourth-order valence-electron chi connectivity index (χ4n) is 1.39. The van der Waals surface area contributed by atoms with Crippen molar-refractivity contribution in [3.05, 3.63) is 35.9 Å². The largest absolute Gasteiger partial charge is 0.386 e. The van der Waals surface area contributed by atoms with Gasteiger partial charge in [0.15, 0.2) is 13.5 Å². The van der Waals surface area contributed by atoms with Gasteiger partial charge in [0, 0.05) is 5.75 Å². The number of halogens is 1. The lowest BCUT2D eigenvalue weighted by molar-refractivity contribution is 0.167. The smallest absolute Gasteiger partial charge is 0.168 e. The van der Waals surface area contributed by atoms with E-state index in [0.717, 1.165) is 0 Å². The van der Waals surface area contributed by atoms with Crippen LogP contribution < -0.4 is 0 Å². The molecule has 0 bridgehead atoms. The second-order valence-corrected chi connectivity index (χ2v) is 8.53. The van der Waals surface area contributed by atoms with Gasteiger partial charge in [-0.05, 0) is 12.5 Å². The Kier molecular flexibility index (Phi) is 4.15. The summed E-state index contributed by atoms with van der Waals surface area (Å²) in [6, 6.07) is 8.75. The van der Waals surface area contributed by atoms with Crippen LogP contribution in [0.4, 0.5) is 0 Å². The molecule has 1 aromatic rings. The first-order chi connectivity index (χ1) is 7.33. The van der Waals surface area contributed by atoms with Gasteiger partial charge < -0.3 is 5.11 Å². The molecule has 3 nitrogen and oxygen atoms in total. The van der Waals surface area contributed by atoms with Crippen LogP contribution in [-0.4, -0.2) is 22.9 Å². The van der Waals surface area contributed by atoms with E-state index in [1.165, 1.54) is 6.92 Å². The minimum absolute atomic E-state index is 0.0152. The number of benzene rings is 1. The van der Waals surface area contributed by atoms with Crippen molar-refractivity contribution >= 4 is 25.8 Å². The number of hydrogen-bond acceptors (Lipinski definition) is 3. The molecule has 0 unspecified atom stereocenters. The summed E-state index contributed by atoms with van der Waals surface area (Å²) in [7, 11) is -3.38. The van der Waals surface area contributed by atoms with Crippen molar-refractivity contribution in [1.29, 1.82) is 0 Å². The molecular weight excluding hydrogens is 292 g/mol. The van der Waals surface area contributed by atoms with Gasteiger partial charge in [-0.2, -0.15) is 0 Å². The van der Waals surface area contributed by atoms with Gasteiger partial charge in [-0.3, -0.25) is 0 Å². The van der Waals surface area contributed by atoms with E-state index in [9.17, 15) is 13.5 Å². The molecule has 0 aliphatic rings. The van der Waals surface area contributed by atoms with E-state index in [0.29, 0.717) is 5.56 Å². The Morgan fingerprint density at radius 3 is 2.31 bits per heavy atom. The van der Waals surface area contributed by atoms with Crippen molar-refractivity contribution in [2.75, 3.05) is 5.75 Å². The first-order valence-electron chi connectivity index (χ1n) is 4.97. The van der Waals surface area contributed by atoms with E-state index >= 15 is 0 Å². The van der Waals surface area contributed by atoms with Crippen molar-refractivity contribution in [2.24, 2.45) is 0 Å². The summed E-state index contributed by atoms with van der Waals surface area (Å²) in [5.41, 5.74) is 0.582. The molecule has 5 heteroatoms. The molecule has 90 valence electrons. The number of aliphatic hydroxyl groups is 1. The van der Waals surface area contributed by atoms with Gasteiger partial charge in [0.05, 0.1) is 0 Å². The third-order valence-electron chi connectivity index (χ3n) is 2.59. The average molecular weight is 307 g/mol. The van der Waals surface area contributed by atoms with Crippen molar-refractivity contribution in [3.63, 3.8) is 0 Å². The second kappa shape index (κ2) is 4.85. The molecule has 0 aliphatic heterocycles. The number of sulfone groups is 1. The van der Waals surface area contributed by atoms with E-state index in [1.54, 1.807) is 31.2 Å². The van der Waals surface area contributed by atoms with Crippen LogP contribution in [0.1, 0.15) is 25.5 Å². The van der Waals surface area contributed by atoms with Crippen LogP contribution in [0.5, 0.6) is 0 Å². The monoisotopic (exact) mass is 306 g/mol. The van der Waals surface area contributed by atoms with E-state index in [4.69, 9.17) is 0 Å². The Labute approximate surface area is 105 Å². The topological polar surface area (TPSA) is 54.4 Å². The lowest BCUT2D eigenvalue weighted by Gasteiger charge is -2.28.